The van der Waals surface area contributed by atoms with Gasteiger partial charge >= 0.3 is 0 Å². The second-order valence-corrected chi connectivity index (χ2v) is 17.1. The monoisotopic (exact) mass is 906 g/mol. The molecule has 0 spiro atoms. The standard InChI is InChI=1S/C63H38N8/c1-64-50-27-15-25-45(35-50)47-29-32-52-53-33-30-48(46-26-16-28-51(36-46)65-2)39-59(53)71(58(52)38-47)57-34-31-49(62-69-60(43-21-11-5-12-22-43)68-61(70-62)44-23-13-6-14-24-44)37-54(57)63-66-55(41-17-7-3-8-18-41)40-56(67-63)42-19-9-4-10-20-42/h3-40H. The Hall–Kier alpha value is -10.2. The molecule has 0 saturated heterocycles. The van der Waals surface area contributed by atoms with E-state index in [4.69, 9.17) is 38.1 Å². The van der Waals surface area contributed by atoms with Gasteiger partial charge in [0.05, 0.1) is 41.3 Å². The summed E-state index contributed by atoms with van der Waals surface area (Å²) in [5.41, 5.74) is 14.4. The predicted octanol–water partition coefficient (Wildman–Crippen LogP) is 16.2. The van der Waals surface area contributed by atoms with Crippen molar-refractivity contribution in [1.82, 2.24) is 29.5 Å². The predicted molar refractivity (Wildman–Crippen MR) is 286 cm³/mol. The molecule has 330 valence electrons. The maximum Gasteiger partial charge on any atom is 0.187 e. The SMILES string of the molecule is [C-]#[N+]c1cccc(-c2ccc3c4ccc(-c5cccc([N+]#[C-])c5)cc4n(-c4ccc(-c5nc(-c6ccccc6)nc(-c6ccccc6)n5)cc4-c4nc(-c5ccccc5)cc(-c5ccccc5)n4)c3c2)c1. The van der Waals surface area contributed by atoms with Crippen LogP contribution < -0.4 is 0 Å². The molecule has 8 heteroatoms. The molecule has 71 heavy (non-hydrogen) atoms. The fraction of sp³-hybridized carbons (Fsp3) is 0. The minimum absolute atomic E-state index is 0.499. The van der Waals surface area contributed by atoms with Crippen molar-refractivity contribution in [3.8, 4) is 96.0 Å². The van der Waals surface area contributed by atoms with Gasteiger partial charge < -0.3 is 4.57 Å². The number of rotatable bonds is 9. The highest BCUT2D eigenvalue weighted by atomic mass is 15.0. The molecule has 0 atom stereocenters. The molecule has 0 aliphatic rings. The van der Waals surface area contributed by atoms with E-state index in [2.05, 4.69) is 99.2 Å². The van der Waals surface area contributed by atoms with Crippen molar-refractivity contribution in [2.45, 2.75) is 0 Å². The second-order valence-electron chi connectivity index (χ2n) is 17.1. The van der Waals surface area contributed by atoms with Crippen LogP contribution >= 0.6 is 0 Å². The summed E-state index contributed by atoms with van der Waals surface area (Å²) >= 11 is 0. The zero-order valence-electron chi connectivity index (χ0n) is 38.0. The lowest BCUT2D eigenvalue weighted by atomic mass is 10.0. The fourth-order valence-corrected chi connectivity index (χ4v) is 9.22. The van der Waals surface area contributed by atoms with Crippen molar-refractivity contribution < 1.29 is 0 Å². The lowest BCUT2D eigenvalue weighted by molar-refractivity contribution is 1.07. The van der Waals surface area contributed by atoms with Gasteiger partial charge in [-0.3, -0.25) is 0 Å². The Kier molecular flexibility index (Phi) is 10.8. The molecule has 0 amide bonds. The van der Waals surface area contributed by atoms with E-state index in [1.54, 1.807) is 0 Å². The quantitative estimate of drug-likeness (QED) is 0.135. The molecule has 12 aromatic rings. The van der Waals surface area contributed by atoms with Crippen LogP contribution in [0.5, 0.6) is 0 Å². The van der Waals surface area contributed by atoms with Crippen LogP contribution in [0.3, 0.4) is 0 Å². The Labute approximate surface area is 410 Å². The van der Waals surface area contributed by atoms with Crippen LogP contribution in [0, 0.1) is 13.1 Å². The van der Waals surface area contributed by atoms with Crippen LogP contribution in [0.1, 0.15) is 0 Å². The lowest BCUT2D eigenvalue weighted by Crippen LogP contribution is -2.04. The summed E-state index contributed by atoms with van der Waals surface area (Å²) in [6, 6.07) is 77.2. The summed E-state index contributed by atoms with van der Waals surface area (Å²) in [4.78, 5) is 33.7. The Balaban J connectivity index is 1.18. The molecule has 12 rings (SSSR count). The van der Waals surface area contributed by atoms with Gasteiger partial charge in [0.2, 0.25) is 0 Å². The number of hydrogen-bond acceptors (Lipinski definition) is 5. The summed E-state index contributed by atoms with van der Waals surface area (Å²) in [6.07, 6.45) is 0. The molecule has 8 nitrogen and oxygen atoms in total. The zero-order valence-corrected chi connectivity index (χ0v) is 38.0. The summed E-state index contributed by atoms with van der Waals surface area (Å²) in [6.45, 7) is 15.6. The van der Waals surface area contributed by atoms with Crippen molar-refractivity contribution in [2.24, 2.45) is 0 Å². The molecular weight excluding hydrogens is 869 g/mol. The van der Waals surface area contributed by atoms with Crippen LogP contribution in [0.25, 0.3) is 128 Å². The highest BCUT2D eigenvalue weighted by molar-refractivity contribution is 6.12. The topological polar surface area (TPSA) is 78.1 Å². The third kappa shape index (κ3) is 8.14. The third-order valence-corrected chi connectivity index (χ3v) is 12.7. The van der Waals surface area contributed by atoms with Crippen LogP contribution in [-0.2, 0) is 0 Å². The van der Waals surface area contributed by atoms with Crippen molar-refractivity contribution in [2.75, 3.05) is 0 Å². The largest absolute Gasteiger partial charge is 0.308 e. The van der Waals surface area contributed by atoms with Gasteiger partial charge in [0.25, 0.3) is 0 Å². The molecule has 0 bridgehead atoms. The molecular formula is C63H38N8. The Morgan fingerprint density at radius 3 is 1.14 bits per heavy atom. The van der Waals surface area contributed by atoms with Gasteiger partial charge in [-0.1, -0.05) is 182 Å². The third-order valence-electron chi connectivity index (χ3n) is 12.7. The summed E-state index contributed by atoms with van der Waals surface area (Å²) in [7, 11) is 0. The molecule has 0 N–H and O–H groups in total. The number of aromatic nitrogens is 6. The Morgan fingerprint density at radius 2 is 0.690 bits per heavy atom. The van der Waals surface area contributed by atoms with Gasteiger partial charge in [-0.15, -0.1) is 0 Å². The van der Waals surface area contributed by atoms with Gasteiger partial charge in [-0.05, 0) is 70.8 Å². The molecule has 0 aliphatic heterocycles. The molecule has 0 aliphatic carbocycles. The van der Waals surface area contributed by atoms with Crippen LogP contribution in [0.15, 0.2) is 231 Å². The summed E-state index contributed by atoms with van der Waals surface area (Å²) < 4.78 is 2.30. The smallest absolute Gasteiger partial charge is 0.187 e. The summed E-state index contributed by atoms with van der Waals surface area (Å²) in [5, 5.41) is 2.09. The Bertz CT molecular complexity index is 3830. The van der Waals surface area contributed by atoms with E-state index in [1.807, 2.05) is 146 Å². The zero-order chi connectivity index (χ0) is 47.7. The first-order chi connectivity index (χ1) is 35.1. The van der Waals surface area contributed by atoms with Gasteiger partial charge in [0, 0.05) is 44.2 Å². The minimum Gasteiger partial charge on any atom is -0.308 e. The maximum atomic E-state index is 7.79. The van der Waals surface area contributed by atoms with Gasteiger partial charge in [-0.2, -0.15) is 0 Å². The van der Waals surface area contributed by atoms with Crippen molar-refractivity contribution in [3.63, 3.8) is 0 Å². The minimum atomic E-state index is 0.499. The number of fused-ring (bicyclic) bond motifs is 3. The molecule has 3 heterocycles. The highest BCUT2D eigenvalue weighted by Gasteiger charge is 2.22. The van der Waals surface area contributed by atoms with Crippen LogP contribution in [0.2, 0.25) is 0 Å². The van der Waals surface area contributed by atoms with E-state index in [0.717, 1.165) is 94.5 Å². The van der Waals surface area contributed by atoms with E-state index in [9.17, 15) is 0 Å². The molecule has 0 saturated carbocycles. The van der Waals surface area contributed by atoms with E-state index < -0.39 is 0 Å². The first kappa shape index (κ1) is 42.2. The van der Waals surface area contributed by atoms with Crippen molar-refractivity contribution in [1.29, 1.82) is 0 Å². The fourth-order valence-electron chi connectivity index (χ4n) is 9.22. The van der Waals surface area contributed by atoms with E-state index >= 15 is 0 Å². The first-order valence-corrected chi connectivity index (χ1v) is 23.1. The Morgan fingerprint density at radius 1 is 0.296 bits per heavy atom. The number of benzene rings is 9. The van der Waals surface area contributed by atoms with E-state index in [1.165, 1.54) is 0 Å². The molecule has 0 fully saturated rings. The van der Waals surface area contributed by atoms with Gasteiger partial charge in [0.1, 0.15) is 0 Å². The maximum absolute atomic E-state index is 7.79. The van der Waals surface area contributed by atoms with Crippen molar-refractivity contribution in [3.05, 3.63) is 253 Å². The van der Waals surface area contributed by atoms with E-state index in [-0.39, 0.29) is 0 Å². The molecule has 0 unspecified atom stereocenters. The lowest BCUT2D eigenvalue weighted by Gasteiger charge is -2.17. The average Bonchev–Trinajstić information content (AvgIpc) is 3.78. The highest BCUT2D eigenvalue weighted by Crippen LogP contribution is 2.42. The average molecular weight is 907 g/mol. The van der Waals surface area contributed by atoms with Crippen molar-refractivity contribution >= 4 is 33.2 Å². The molecule has 3 aromatic heterocycles. The normalized spacial score (nSPS) is 11.1. The number of hydrogen-bond donors (Lipinski definition) is 0. The first-order valence-electron chi connectivity index (χ1n) is 23.1. The molecule has 0 radical (unpaired) electrons. The second kappa shape index (κ2) is 18.2. The van der Waals surface area contributed by atoms with Crippen LogP contribution in [-0.4, -0.2) is 29.5 Å². The molecule has 9 aromatic carbocycles. The van der Waals surface area contributed by atoms with Gasteiger partial charge in [-0.25, -0.2) is 34.6 Å². The number of nitrogens with zero attached hydrogens (tertiary/aromatic N) is 8. The van der Waals surface area contributed by atoms with E-state index in [0.29, 0.717) is 34.7 Å². The van der Waals surface area contributed by atoms with Crippen LogP contribution in [0.4, 0.5) is 11.4 Å². The van der Waals surface area contributed by atoms with Gasteiger partial charge in [0.15, 0.2) is 34.7 Å². The summed E-state index contributed by atoms with van der Waals surface area (Å²) in [5.74, 6) is 2.13.